The van der Waals surface area contributed by atoms with Crippen molar-refractivity contribution in [1.29, 1.82) is 0 Å². The number of carbonyl (C=O) groups excluding carboxylic acids is 2. The minimum atomic E-state index is -0.396. The molecule has 5 heteroatoms. The average Bonchev–Trinajstić information content (AvgIpc) is 2.63. The molecule has 0 aliphatic carbocycles. The molecule has 1 N–H and O–H groups in total. The third-order valence-corrected chi connectivity index (χ3v) is 5.58. The molecule has 0 radical (unpaired) electrons. The van der Waals surface area contributed by atoms with Crippen molar-refractivity contribution in [2.75, 3.05) is 12.4 Å². The van der Waals surface area contributed by atoms with Gasteiger partial charge in [-0.1, -0.05) is 24.3 Å². The fraction of sp³-hybridized carbons (Fsp3) is 0.364. The summed E-state index contributed by atoms with van der Waals surface area (Å²) in [6, 6.07) is 12.0. The van der Waals surface area contributed by atoms with Crippen LogP contribution in [0, 0.1) is 27.7 Å². The summed E-state index contributed by atoms with van der Waals surface area (Å²) in [5.41, 5.74) is 5.84. The van der Waals surface area contributed by atoms with E-state index in [1.807, 2.05) is 51.1 Å². The molecule has 0 unspecified atom stereocenters. The van der Waals surface area contributed by atoms with Crippen molar-refractivity contribution in [2.45, 2.75) is 45.6 Å². The van der Waals surface area contributed by atoms with Crippen LogP contribution in [0.2, 0.25) is 0 Å². The van der Waals surface area contributed by atoms with Gasteiger partial charge in [0.25, 0.3) is 5.91 Å². The fourth-order valence-electron chi connectivity index (χ4n) is 2.53. The maximum Gasteiger partial charge on any atom is 0.316 e. The number of ether oxygens (including phenoxy) is 1. The van der Waals surface area contributed by atoms with Gasteiger partial charge in [-0.25, -0.2) is 0 Å². The predicted octanol–water partition coefficient (Wildman–Crippen LogP) is 4.43. The van der Waals surface area contributed by atoms with E-state index in [4.69, 9.17) is 4.74 Å². The number of benzene rings is 2. The smallest absolute Gasteiger partial charge is 0.316 e. The van der Waals surface area contributed by atoms with Crippen LogP contribution in [0.3, 0.4) is 0 Å². The summed E-state index contributed by atoms with van der Waals surface area (Å²) in [7, 11) is 0. The van der Waals surface area contributed by atoms with E-state index in [-0.39, 0.29) is 24.3 Å². The van der Waals surface area contributed by atoms with E-state index in [1.165, 1.54) is 34.0 Å². The number of nitrogens with one attached hydrogen (secondary N) is 1. The van der Waals surface area contributed by atoms with Crippen molar-refractivity contribution in [3.05, 3.63) is 64.2 Å². The molecule has 0 spiro atoms. The molecule has 0 saturated carbocycles. The zero-order chi connectivity index (χ0) is 20.0. The SMILES string of the molecule is Cc1ccc(SCC(=O)OCC(=O)N[C@@H](C)c2ccc(C)c(C)c2)cc1C. The van der Waals surface area contributed by atoms with Gasteiger partial charge in [0, 0.05) is 4.90 Å². The first-order chi connectivity index (χ1) is 12.8. The van der Waals surface area contributed by atoms with E-state index in [0.29, 0.717) is 0 Å². The number of hydrogen-bond donors (Lipinski definition) is 1. The number of amides is 1. The van der Waals surface area contributed by atoms with E-state index >= 15 is 0 Å². The van der Waals surface area contributed by atoms with Crippen LogP contribution in [0.15, 0.2) is 41.3 Å². The van der Waals surface area contributed by atoms with Crippen LogP contribution in [0.25, 0.3) is 0 Å². The van der Waals surface area contributed by atoms with Crippen molar-refractivity contribution in [3.63, 3.8) is 0 Å². The molecular formula is C22H27NO3S. The van der Waals surface area contributed by atoms with Gasteiger partial charge in [0.15, 0.2) is 6.61 Å². The molecule has 0 bridgehead atoms. The average molecular weight is 386 g/mol. The summed E-state index contributed by atoms with van der Waals surface area (Å²) in [5, 5.41) is 2.86. The Morgan fingerprint density at radius 2 is 1.59 bits per heavy atom. The van der Waals surface area contributed by atoms with Crippen LogP contribution in [0.5, 0.6) is 0 Å². The van der Waals surface area contributed by atoms with Gasteiger partial charge in [0.2, 0.25) is 0 Å². The largest absolute Gasteiger partial charge is 0.455 e. The predicted molar refractivity (Wildman–Crippen MR) is 110 cm³/mol. The standard InChI is InChI=1S/C22H27NO3S/c1-14-6-8-19(10-16(14)3)18(5)23-21(24)12-26-22(25)13-27-20-9-7-15(2)17(4)11-20/h6-11,18H,12-13H2,1-5H3,(H,23,24)/t18-/m0/s1. The van der Waals surface area contributed by atoms with Gasteiger partial charge in [-0.3, -0.25) is 9.59 Å². The number of carbonyl (C=O) groups is 2. The number of aryl methyl sites for hydroxylation is 4. The van der Waals surface area contributed by atoms with Gasteiger partial charge in [-0.15, -0.1) is 11.8 Å². The Hall–Kier alpha value is -2.27. The highest BCUT2D eigenvalue weighted by molar-refractivity contribution is 8.00. The number of hydrogen-bond acceptors (Lipinski definition) is 4. The van der Waals surface area contributed by atoms with E-state index in [9.17, 15) is 9.59 Å². The van der Waals surface area contributed by atoms with Crippen molar-refractivity contribution < 1.29 is 14.3 Å². The third kappa shape index (κ3) is 6.43. The topological polar surface area (TPSA) is 55.4 Å². The maximum atomic E-state index is 12.0. The van der Waals surface area contributed by atoms with Crippen LogP contribution < -0.4 is 5.32 Å². The van der Waals surface area contributed by atoms with Gasteiger partial charge < -0.3 is 10.1 Å². The van der Waals surface area contributed by atoms with E-state index < -0.39 is 5.97 Å². The molecule has 0 aliphatic heterocycles. The highest BCUT2D eigenvalue weighted by atomic mass is 32.2. The zero-order valence-corrected chi connectivity index (χ0v) is 17.4. The molecule has 144 valence electrons. The van der Waals surface area contributed by atoms with Crippen molar-refractivity contribution >= 4 is 23.6 Å². The molecule has 27 heavy (non-hydrogen) atoms. The Bertz CT molecular complexity index is 832. The minimum absolute atomic E-state index is 0.139. The van der Waals surface area contributed by atoms with Gasteiger partial charge >= 0.3 is 5.97 Å². The van der Waals surface area contributed by atoms with Crippen LogP contribution in [0.4, 0.5) is 0 Å². The second-order valence-corrected chi connectivity index (χ2v) is 7.88. The van der Waals surface area contributed by atoms with E-state index in [2.05, 4.69) is 25.2 Å². The van der Waals surface area contributed by atoms with Crippen molar-refractivity contribution in [1.82, 2.24) is 5.32 Å². The summed E-state index contributed by atoms with van der Waals surface area (Å²) in [6.07, 6.45) is 0. The summed E-state index contributed by atoms with van der Waals surface area (Å²) in [6.45, 7) is 9.84. The van der Waals surface area contributed by atoms with Crippen LogP contribution >= 0.6 is 11.8 Å². The molecule has 0 saturated heterocycles. The lowest BCUT2D eigenvalue weighted by molar-refractivity contribution is -0.146. The molecule has 2 aromatic carbocycles. The van der Waals surface area contributed by atoms with Gasteiger partial charge in [0.05, 0.1) is 11.8 Å². The lowest BCUT2D eigenvalue weighted by atomic mass is 10.0. The Morgan fingerprint density at radius 3 is 2.22 bits per heavy atom. The number of rotatable bonds is 7. The maximum absolute atomic E-state index is 12.0. The van der Waals surface area contributed by atoms with E-state index in [0.717, 1.165) is 10.5 Å². The Kier molecular flexibility index (Phi) is 7.48. The first kappa shape index (κ1) is 21.0. The first-order valence-electron chi connectivity index (χ1n) is 8.98. The lowest BCUT2D eigenvalue weighted by Crippen LogP contribution is -2.31. The molecule has 1 amide bonds. The zero-order valence-electron chi connectivity index (χ0n) is 16.6. The minimum Gasteiger partial charge on any atom is -0.455 e. The molecule has 0 heterocycles. The van der Waals surface area contributed by atoms with E-state index in [1.54, 1.807) is 0 Å². The fourth-order valence-corrected chi connectivity index (χ4v) is 3.33. The normalized spacial score (nSPS) is 11.7. The molecule has 2 aromatic rings. The molecule has 1 atom stereocenters. The van der Waals surface area contributed by atoms with Gasteiger partial charge in [-0.05, 0) is 74.6 Å². The Labute approximate surface area is 165 Å². The molecule has 0 aromatic heterocycles. The molecule has 0 fully saturated rings. The summed E-state index contributed by atoms with van der Waals surface area (Å²) in [5.74, 6) is -0.514. The number of thioether (sulfide) groups is 1. The Morgan fingerprint density at radius 1 is 0.963 bits per heavy atom. The monoisotopic (exact) mass is 385 g/mol. The second kappa shape index (κ2) is 9.60. The molecule has 0 aliphatic rings. The molecular weight excluding hydrogens is 358 g/mol. The van der Waals surface area contributed by atoms with Crippen molar-refractivity contribution in [3.8, 4) is 0 Å². The second-order valence-electron chi connectivity index (χ2n) is 6.83. The highest BCUT2D eigenvalue weighted by Crippen LogP contribution is 2.21. The summed E-state index contributed by atoms with van der Waals surface area (Å²) in [4.78, 5) is 24.9. The van der Waals surface area contributed by atoms with Crippen LogP contribution in [0.1, 0.15) is 40.8 Å². The molecule has 2 rings (SSSR count). The van der Waals surface area contributed by atoms with Crippen molar-refractivity contribution in [2.24, 2.45) is 0 Å². The summed E-state index contributed by atoms with van der Waals surface area (Å²) < 4.78 is 5.09. The first-order valence-corrected chi connectivity index (χ1v) is 9.97. The van der Waals surface area contributed by atoms with Gasteiger partial charge in [-0.2, -0.15) is 0 Å². The van der Waals surface area contributed by atoms with Gasteiger partial charge in [0.1, 0.15) is 0 Å². The molecule has 4 nitrogen and oxygen atoms in total. The number of esters is 1. The highest BCUT2D eigenvalue weighted by Gasteiger charge is 2.13. The Balaban J connectivity index is 1.76. The third-order valence-electron chi connectivity index (χ3n) is 4.61. The van der Waals surface area contributed by atoms with Crippen LogP contribution in [-0.2, 0) is 14.3 Å². The summed E-state index contributed by atoms with van der Waals surface area (Å²) >= 11 is 1.41. The van der Waals surface area contributed by atoms with Crippen LogP contribution in [-0.4, -0.2) is 24.2 Å². The lowest BCUT2D eigenvalue weighted by Gasteiger charge is -2.15. The quantitative estimate of drug-likeness (QED) is 0.566.